The van der Waals surface area contributed by atoms with Crippen molar-refractivity contribution in [3.63, 3.8) is 0 Å². The first-order chi connectivity index (χ1) is 13.4. The normalized spacial score (nSPS) is 14.1. The molecule has 0 fully saturated rings. The number of carbonyl (C=O) groups is 1. The van der Waals surface area contributed by atoms with Crippen molar-refractivity contribution in [3.8, 4) is 16.2 Å². The molecule has 1 aromatic heterocycles. The molecule has 0 N–H and O–H groups in total. The van der Waals surface area contributed by atoms with Crippen LogP contribution in [0.15, 0.2) is 59.5 Å². The van der Waals surface area contributed by atoms with E-state index in [4.69, 9.17) is 4.74 Å². The van der Waals surface area contributed by atoms with Gasteiger partial charge in [-0.25, -0.2) is 8.42 Å². The van der Waals surface area contributed by atoms with Gasteiger partial charge in [-0.15, -0.1) is 11.3 Å². The highest BCUT2D eigenvalue weighted by atomic mass is 32.2. The van der Waals surface area contributed by atoms with E-state index in [1.165, 1.54) is 11.3 Å². The molecule has 1 amide bonds. The van der Waals surface area contributed by atoms with Crippen LogP contribution in [0, 0.1) is 0 Å². The Labute approximate surface area is 168 Å². The van der Waals surface area contributed by atoms with Gasteiger partial charge < -0.3 is 9.64 Å². The first-order valence-electron chi connectivity index (χ1n) is 8.87. The largest absolute Gasteiger partial charge is 0.492 e. The third-order valence-electron chi connectivity index (χ3n) is 4.66. The molecule has 5 nitrogen and oxygen atoms in total. The van der Waals surface area contributed by atoms with Crippen LogP contribution in [0.5, 0.6) is 5.75 Å². The summed E-state index contributed by atoms with van der Waals surface area (Å²) in [5, 5.41) is 0. The van der Waals surface area contributed by atoms with Crippen LogP contribution >= 0.6 is 11.3 Å². The number of hydrogen-bond acceptors (Lipinski definition) is 5. The maximum Gasteiger partial charge on any atom is 0.268 e. The van der Waals surface area contributed by atoms with Gasteiger partial charge in [0.25, 0.3) is 5.91 Å². The molecule has 7 heteroatoms. The number of carbonyl (C=O) groups excluding carboxylic acids is 1. The Kier molecular flexibility index (Phi) is 4.72. The van der Waals surface area contributed by atoms with Gasteiger partial charge >= 0.3 is 0 Å². The lowest BCUT2D eigenvalue weighted by Crippen LogP contribution is -2.26. The highest BCUT2D eigenvalue weighted by Gasteiger charge is 2.31. The molecule has 0 radical (unpaired) electrons. The maximum absolute atomic E-state index is 13.1. The molecule has 0 saturated carbocycles. The highest BCUT2D eigenvalue weighted by Crippen LogP contribution is 2.43. The van der Waals surface area contributed by atoms with E-state index in [1.54, 1.807) is 36.2 Å². The molecule has 0 atom stereocenters. The Morgan fingerprint density at radius 2 is 1.86 bits per heavy atom. The Morgan fingerprint density at radius 1 is 1.14 bits per heavy atom. The molecule has 0 aliphatic carbocycles. The average molecular weight is 414 g/mol. The van der Waals surface area contributed by atoms with Gasteiger partial charge in [0.1, 0.15) is 5.75 Å². The van der Waals surface area contributed by atoms with Crippen LogP contribution in [0.1, 0.15) is 22.2 Å². The standard InChI is InChI=1S/C21H19NO4S2/c1-3-26-17-10-6-5-9-16(17)22(2)21(23)18-12-14-13-28(24,25)19-11-7-4-8-15(19)20(14)27-18/h4-12H,3,13H2,1-2H3. The van der Waals surface area contributed by atoms with Gasteiger partial charge in [0.15, 0.2) is 9.84 Å². The molecule has 0 unspecified atom stereocenters. The lowest BCUT2D eigenvalue weighted by molar-refractivity contribution is 0.0996. The van der Waals surface area contributed by atoms with Crippen LogP contribution < -0.4 is 9.64 Å². The second-order valence-corrected chi connectivity index (χ2v) is 9.50. The third-order valence-corrected chi connectivity index (χ3v) is 7.58. The van der Waals surface area contributed by atoms with Crippen molar-refractivity contribution >= 4 is 32.8 Å². The summed E-state index contributed by atoms with van der Waals surface area (Å²) in [5.74, 6) is 0.360. The zero-order valence-electron chi connectivity index (χ0n) is 15.5. The average Bonchev–Trinajstić information content (AvgIpc) is 3.11. The van der Waals surface area contributed by atoms with Crippen LogP contribution in [0.2, 0.25) is 0 Å². The van der Waals surface area contributed by atoms with Gasteiger partial charge in [0.05, 0.1) is 27.8 Å². The van der Waals surface area contributed by atoms with Crippen molar-refractivity contribution in [1.29, 1.82) is 0 Å². The molecule has 0 bridgehead atoms. The number of ether oxygens (including phenoxy) is 1. The Morgan fingerprint density at radius 3 is 2.64 bits per heavy atom. The number of rotatable bonds is 4. The van der Waals surface area contributed by atoms with Gasteiger partial charge in [0.2, 0.25) is 0 Å². The fourth-order valence-electron chi connectivity index (χ4n) is 3.36. The molecule has 0 spiro atoms. The van der Waals surface area contributed by atoms with E-state index in [0.29, 0.717) is 38.9 Å². The second kappa shape index (κ2) is 7.07. The summed E-state index contributed by atoms with van der Waals surface area (Å²) in [6.45, 7) is 2.39. The Hall–Kier alpha value is -2.64. The second-order valence-electron chi connectivity index (χ2n) is 6.49. The minimum absolute atomic E-state index is 0.0810. The molecule has 1 aliphatic rings. The summed E-state index contributed by atoms with van der Waals surface area (Å²) in [4.78, 5) is 16.4. The predicted octanol–water partition coefficient (Wildman–Crippen LogP) is 4.38. The number of para-hydroxylation sites is 2. The number of nitrogens with zero attached hydrogens (tertiary/aromatic N) is 1. The SMILES string of the molecule is CCOc1ccccc1N(C)C(=O)c1cc2c(s1)-c1ccccc1S(=O)(=O)C2. The minimum Gasteiger partial charge on any atom is -0.492 e. The van der Waals surface area contributed by atoms with E-state index in [9.17, 15) is 13.2 Å². The molecule has 144 valence electrons. The van der Waals surface area contributed by atoms with Crippen LogP contribution in [-0.2, 0) is 15.6 Å². The van der Waals surface area contributed by atoms with Crippen LogP contribution in [-0.4, -0.2) is 28.0 Å². The van der Waals surface area contributed by atoms with Crippen molar-refractivity contribution in [3.05, 3.63) is 65.0 Å². The fraction of sp³-hybridized carbons (Fsp3) is 0.190. The van der Waals surface area contributed by atoms with E-state index in [2.05, 4.69) is 0 Å². The van der Waals surface area contributed by atoms with E-state index in [-0.39, 0.29) is 11.7 Å². The van der Waals surface area contributed by atoms with Crippen LogP contribution in [0.4, 0.5) is 5.69 Å². The van der Waals surface area contributed by atoms with Gasteiger partial charge in [0, 0.05) is 17.5 Å². The number of hydrogen-bond donors (Lipinski definition) is 0. The Balaban J connectivity index is 1.74. The monoisotopic (exact) mass is 413 g/mol. The molecule has 28 heavy (non-hydrogen) atoms. The van der Waals surface area contributed by atoms with Crippen molar-refractivity contribution in [2.75, 3.05) is 18.6 Å². The van der Waals surface area contributed by atoms with Gasteiger partial charge in [-0.05, 0) is 36.8 Å². The summed E-state index contributed by atoms with van der Waals surface area (Å²) < 4.78 is 30.8. The summed E-state index contributed by atoms with van der Waals surface area (Å²) in [7, 11) is -1.69. The van der Waals surface area contributed by atoms with E-state index >= 15 is 0 Å². The van der Waals surface area contributed by atoms with Gasteiger partial charge in [-0.3, -0.25) is 4.79 Å². The number of benzene rings is 2. The zero-order chi connectivity index (χ0) is 19.9. The molecule has 3 aromatic rings. The van der Waals surface area contributed by atoms with Crippen LogP contribution in [0.3, 0.4) is 0 Å². The third kappa shape index (κ3) is 3.10. The molecular formula is C21H19NO4S2. The molecule has 0 saturated heterocycles. The number of amides is 1. The number of sulfone groups is 1. The zero-order valence-corrected chi connectivity index (χ0v) is 17.1. The van der Waals surface area contributed by atoms with Crippen molar-refractivity contribution in [1.82, 2.24) is 0 Å². The molecule has 4 rings (SSSR count). The van der Waals surface area contributed by atoms with Crippen molar-refractivity contribution in [2.45, 2.75) is 17.6 Å². The van der Waals surface area contributed by atoms with Crippen molar-refractivity contribution in [2.24, 2.45) is 0 Å². The predicted molar refractivity (Wildman–Crippen MR) is 111 cm³/mol. The van der Waals surface area contributed by atoms with E-state index < -0.39 is 9.84 Å². The first-order valence-corrected chi connectivity index (χ1v) is 11.3. The van der Waals surface area contributed by atoms with Crippen LogP contribution in [0.25, 0.3) is 10.4 Å². The smallest absolute Gasteiger partial charge is 0.268 e. The molecule has 1 aliphatic heterocycles. The fourth-order valence-corrected chi connectivity index (χ4v) is 6.30. The maximum atomic E-state index is 13.1. The lowest BCUT2D eigenvalue weighted by atomic mass is 10.1. The summed E-state index contributed by atoms with van der Waals surface area (Å²) in [6, 6.07) is 16.0. The molecular weight excluding hydrogens is 394 g/mol. The number of thiophene rings is 1. The summed E-state index contributed by atoms with van der Waals surface area (Å²) in [6.07, 6.45) is 0. The number of fused-ring (bicyclic) bond motifs is 3. The van der Waals surface area contributed by atoms with Gasteiger partial charge in [-0.1, -0.05) is 30.3 Å². The number of anilines is 1. The topological polar surface area (TPSA) is 63.7 Å². The molecule has 2 aromatic carbocycles. The lowest BCUT2D eigenvalue weighted by Gasteiger charge is -2.19. The highest BCUT2D eigenvalue weighted by molar-refractivity contribution is 7.91. The van der Waals surface area contributed by atoms with E-state index in [1.807, 2.05) is 37.3 Å². The summed E-state index contributed by atoms with van der Waals surface area (Å²) in [5.41, 5.74) is 2.03. The van der Waals surface area contributed by atoms with E-state index in [0.717, 1.165) is 4.88 Å². The first kappa shape index (κ1) is 18.7. The minimum atomic E-state index is -3.39. The Bertz CT molecular complexity index is 1160. The van der Waals surface area contributed by atoms with Crippen molar-refractivity contribution < 1.29 is 17.9 Å². The quantitative estimate of drug-likeness (QED) is 0.637. The van der Waals surface area contributed by atoms with Gasteiger partial charge in [-0.2, -0.15) is 0 Å². The molecule has 2 heterocycles. The summed E-state index contributed by atoms with van der Waals surface area (Å²) >= 11 is 1.33.